The first kappa shape index (κ1) is 14.6. The van der Waals surface area contributed by atoms with Gasteiger partial charge < -0.3 is 0 Å². The lowest BCUT2D eigenvalue weighted by Gasteiger charge is -2.29. The SMILES string of the molecule is Cc1csc(N(C(=O)C2CCC(=O)c3ccccc32)C2CC2)n1. The van der Waals surface area contributed by atoms with Gasteiger partial charge in [-0.05, 0) is 31.7 Å². The molecule has 2 aromatic rings. The van der Waals surface area contributed by atoms with Crippen LogP contribution in [0.5, 0.6) is 0 Å². The van der Waals surface area contributed by atoms with Gasteiger partial charge >= 0.3 is 0 Å². The molecule has 0 bridgehead atoms. The van der Waals surface area contributed by atoms with Crippen molar-refractivity contribution in [2.75, 3.05) is 4.90 Å². The summed E-state index contributed by atoms with van der Waals surface area (Å²) in [7, 11) is 0. The smallest absolute Gasteiger partial charge is 0.236 e. The lowest BCUT2D eigenvalue weighted by molar-refractivity contribution is -0.120. The summed E-state index contributed by atoms with van der Waals surface area (Å²) in [6.45, 7) is 1.95. The minimum absolute atomic E-state index is 0.0989. The number of carbonyl (C=O) groups excluding carboxylic acids is 2. The minimum atomic E-state index is -0.228. The number of amides is 1. The Morgan fingerprint density at radius 3 is 2.74 bits per heavy atom. The van der Waals surface area contributed by atoms with Crippen LogP contribution in [0, 0.1) is 6.92 Å². The highest BCUT2D eigenvalue weighted by Crippen LogP contribution is 2.39. The third-order valence-corrected chi connectivity index (χ3v) is 5.51. The molecule has 23 heavy (non-hydrogen) atoms. The summed E-state index contributed by atoms with van der Waals surface area (Å²) in [6.07, 6.45) is 3.13. The fraction of sp³-hybridized carbons (Fsp3) is 0.389. The summed E-state index contributed by atoms with van der Waals surface area (Å²) in [5, 5.41) is 2.78. The first-order chi connectivity index (χ1) is 11.1. The van der Waals surface area contributed by atoms with Crippen LogP contribution in [-0.2, 0) is 4.79 Å². The van der Waals surface area contributed by atoms with Crippen molar-refractivity contribution in [2.45, 2.75) is 44.6 Å². The second-order valence-electron chi connectivity index (χ2n) is 6.31. The standard InChI is InChI=1S/C18H18N2O2S/c1-11-10-23-18(19-11)20(12-6-7-12)17(22)15-8-9-16(21)14-5-3-2-4-13(14)15/h2-5,10,12,15H,6-9H2,1H3. The average Bonchev–Trinajstić information content (AvgIpc) is 3.29. The van der Waals surface area contributed by atoms with Gasteiger partial charge in [-0.2, -0.15) is 0 Å². The number of anilines is 1. The highest BCUT2D eigenvalue weighted by molar-refractivity contribution is 7.14. The molecule has 4 nitrogen and oxygen atoms in total. The highest BCUT2D eigenvalue weighted by Gasteiger charge is 2.40. The van der Waals surface area contributed by atoms with Gasteiger partial charge in [0.15, 0.2) is 10.9 Å². The van der Waals surface area contributed by atoms with Gasteiger partial charge in [0.25, 0.3) is 0 Å². The van der Waals surface area contributed by atoms with Gasteiger partial charge in [-0.1, -0.05) is 24.3 Å². The monoisotopic (exact) mass is 326 g/mol. The molecule has 0 spiro atoms. The Labute approximate surface area is 139 Å². The van der Waals surface area contributed by atoms with Crippen molar-refractivity contribution in [1.82, 2.24) is 4.98 Å². The number of aromatic nitrogens is 1. The van der Waals surface area contributed by atoms with E-state index in [4.69, 9.17) is 0 Å². The van der Waals surface area contributed by atoms with Gasteiger partial charge in [-0.3, -0.25) is 14.5 Å². The summed E-state index contributed by atoms with van der Waals surface area (Å²) in [4.78, 5) is 31.7. The first-order valence-electron chi connectivity index (χ1n) is 8.02. The van der Waals surface area contributed by atoms with Crippen molar-refractivity contribution in [2.24, 2.45) is 0 Å². The van der Waals surface area contributed by atoms with E-state index in [1.54, 1.807) is 0 Å². The van der Waals surface area contributed by atoms with Crippen molar-refractivity contribution in [1.29, 1.82) is 0 Å². The molecule has 0 aliphatic heterocycles. The Balaban J connectivity index is 1.70. The number of thiazole rings is 1. The Kier molecular flexibility index (Phi) is 3.53. The number of Topliss-reactive ketones (excluding diaryl/α,β-unsaturated/α-hetero) is 1. The molecule has 2 aliphatic carbocycles. The molecule has 0 saturated heterocycles. The van der Waals surface area contributed by atoms with Crippen molar-refractivity contribution >= 4 is 28.2 Å². The topological polar surface area (TPSA) is 50.3 Å². The van der Waals surface area contributed by atoms with Crippen LogP contribution in [0.25, 0.3) is 0 Å². The maximum Gasteiger partial charge on any atom is 0.236 e. The lowest BCUT2D eigenvalue weighted by Crippen LogP contribution is -2.38. The maximum absolute atomic E-state index is 13.2. The average molecular weight is 326 g/mol. The normalized spacial score (nSPS) is 20.2. The van der Waals surface area contributed by atoms with Gasteiger partial charge in [0.05, 0.1) is 11.6 Å². The van der Waals surface area contributed by atoms with E-state index in [9.17, 15) is 9.59 Å². The van der Waals surface area contributed by atoms with Crippen LogP contribution < -0.4 is 4.90 Å². The zero-order valence-corrected chi connectivity index (χ0v) is 13.8. The fourth-order valence-corrected chi connectivity index (χ4v) is 4.14. The van der Waals surface area contributed by atoms with Crippen LogP contribution in [0.3, 0.4) is 0 Å². The number of rotatable bonds is 3. The molecular formula is C18H18N2O2S. The molecule has 1 saturated carbocycles. The number of hydrogen-bond donors (Lipinski definition) is 0. The number of fused-ring (bicyclic) bond motifs is 1. The highest BCUT2D eigenvalue weighted by atomic mass is 32.1. The zero-order valence-electron chi connectivity index (χ0n) is 13.0. The Hall–Kier alpha value is -2.01. The molecule has 118 valence electrons. The van der Waals surface area contributed by atoms with Crippen LogP contribution in [0.2, 0.25) is 0 Å². The number of hydrogen-bond acceptors (Lipinski definition) is 4. The lowest BCUT2D eigenvalue weighted by atomic mass is 9.81. The van der Waals surface area contributed by atoms with E-state index in [1.807, 2.05) is 41.5 Å². The third-order valence-electron chi connectivity index (χ3n) is 4.56. The number of ketones is 1. The van der Waals surface area contributed by atoms with Crippen molar-refractivity contribution in [3.05, 3.63) is 46.5 Å². The van der Waals surface area contributed by atoms with Crippen molar-refractivity contribution in [3.63, 3.8) is 0 Å². The fourth-order valence-electron chi connectivity index (χ4n) is 3.26. The maximum atomic E-state index is 13.2. The van der Waals surface area contributed by atoms with E-state index in [0.717, 1.165) is 29.2 Å². The van der Waals surface area contributed by atoms with Gasteiger partial charge in [-0.25, -0.2) is 4.98 Å². The summed E-state index contributed by atoms with van der Waals surface area (Å²) < 4.78 is 0. The van der Waals surface area contributed by atoms with Gasteiger partial charge in [0.1, 0.15) is 0 Å². The number of nitrogens with zero attached hydrogens (tertiary/aromatic N) is 2. The van der Waals surface area contributed by atoms with Crippen LogP contribution in [-0.4, -0.2) is 22.7 Å². The van der Waals surface area contributed by atoms with E-state index in [-0.39, 0.29) is 23.7 Å². The molecule has 2 aliphatic rings. The molecule has 1 unspecified atom stereocenters. The van der Waals surface area contributed by atoms with Crippen LogP contribution in [0.1, 0.15) is 53.2 Å². The Morgan fingerprint density at radius 2 is 2.04 bits per heavy atom. The van der Waals surface area contributed by atoms with Crippen LogP contribution in [0.15, 0.2) is 29.6 Å². The van der Waals surface area contributed by atoms with E-state index >= 15 is 0 Å². The third kappa shape index (κ3) is 2.59. The predicted octanol–water partition coefficient (Wildman–Crippen LogP) is 3.71. The first-order valence-corrected chi connectivity index (χ1v) is 8.90. The summed E-state index contributed by atoms with van der Waals surface area (Å²) in [6, 6.07) is 7.82. The van der Waals surface area contributed by atoms with Gasteiger partial charge in [0, 0.05) is 23.4 Å². The molecule has 0 radical (unpaired) electrons. The second-order valence-corrected chi connectivity index (χ2v) is 7.15. The van der Waals surface area contributed by atoms with Crippen molar-refractivity contribution in [3.8, 4) is 0 Å². The summed E-state index contributed by atoms with van der Waals surface area (Å²) in [5.41, 5.74) is 2.54. The van der Waals surface area contributed by atoms with Gasteiger partial charge in [0.2, 0.25) is 5.91 Å². The summed E-state index contributed by atoms with van der Waals surface area (Å²) in [5.74, 6) is 0.0169. The Bertz CT molecular complexity index is 779. The number of benzene rings is 1. The molecule has 1 aromatic heterocycles. The molecule has 1 aromatic carbocycles. The number of aryl methyl sites for hydroxylation is 1. The quantitative estimate of drug-likeness (QED) is 0.864. The van der Waals surface area contributed by atoms with Crippen LogP contribution in [0.4, 0.5) is 5.13 Å². The van der Waals surface area contributed by atoms with E-state index in [2.05, 4.69) is 4.98 Å². The van der Waals surface area contributed by atoms with E-state index in [1.165, 1.54) is 11.3 Å². The van der Waals surface area contributed by atoms with E-state index < -0.39 is 0 Å². The van der Waals surface area contributed by atoms with Crippen LogP contribution >= 0.6 is 11.3 Å². The minimum Gasteiger partial charge on any atom is -0.294 e. The molecular weight excluding hydrogens is 308 g/mol. The van der Waals surface area contributed by atoms with Gasteiger partial charge in [-0.15, -0.1) is 11.3 Å². The largest absolute Gasteiger partial charge is 0.294 e. The predicted molar refractivity (Wildman–Crippen MR) is 90.1 cm³/mol. The molecule has 1 fully saturated rings. The molecule has 1 atom stereocenters. The van der Waals surface area contributed by atoms with E-state index in [0.29, 0.717) is 18.4 Å². The van der Waals surface area contributed by atoms with Crippen molar-refractivity contribution < 1.29 is 9.59 Å². The zero-order chi connectivity index (χ0) is 16.0. The Morgan fingerprint density at radius 1 is 1.26 bits per heavy atom. The molecule has 1 heterocycles. The molecule has 5 heteroatoms. The molecule has 4 rings (SSSR count). The molecule has 0 N–H and O–H groups in total. The summed E-state index contributed by atoms with van der Waals surface area (Å²) >= 11 is 1.53. The molecule has 1 amide bonds. The second kappa shape index (κ2) is 5.57. The number of carbonyl (C=O) groups is 2.